The van der Waals surface area contributed by atoms with E-state index >= 15 is 0 Å². The van der Waals surface area contributed by atoms with Crippen molar-refractivity contribution in [1.29, 1.82) is 0 Å². The number of halogens is 2. The number of aromatic nitrogens is 2. The third kappa shape index (κ3) is 2.60. The minimum Gasteiger partial charge on any atom is -0.369 e. The number of hydrogen-bond donors (Lipinski definition) is 3. The Bertz CT molecular complexity index is 350. The molecule has 0 atom stereocenters. The van der Waals surface area contributed by atoms with E-state index in [2.05, 4.69) is 15.3 Å². The van der Waals surface area contributed by atoms with E-state index in [-0.39, 0.29) is 36.3 Å². The number of rotatable bonds is 1. The van der Waals surface area contributed by atoms with E-state index in [1.165, 1.54) is 6.07 Å². The van der Waals surface area contributed by atoms with Crippen molar-refractivity contribution in [2.75, 3.05) is 18.8 Å². The lowest BCUT2D eigenvalue weighted by atomic mass is 9.99. The van der Waals surface area contributed by atoms with Crippen LogP contribution in [0.25, 0.3) is 0 Å². The lowest BCUT2D eigenvalue weighted by Crippen LogP contribution is -2.40. The van der Waals surface area contributed by atoms with Gasteiger partial charge in [-0.1, -0.05) is 0 Å². The third-order valence-corrected chi connectivity index (χ3v) is 1.98. The molecule has 1 aromatic rings. The van der Waals surface area contributed by atoms with E-state index in [4.69, 9.17) is 5.73 Å². The van der Waals surface area contributed by atoms with Crippen LogP contribution in [0.1, 0.15) is 11.6 Å². The minimum absolute atomic E-state index is 0. The number of nitrogens with one attached hydrogen (secondary N) is 2. The Hall–Kier alpha value is -0.780. The summed E-state index contributed by atoms with van der Waals surface area (Å²) in [4.78, 5) is 17.4. The van der Waals surface area contributed by atoms with Crippen molar-refractivity contribution in [2.45, 2.75) is 5.92 Å². The number of anilines is 1. The van der Waals surface area contributed by atoms with Crippen LogP contribution in [0.3, 0.4) is 0 Å². The molecule has 5 nitrogen and oxygen atoms in total. The van der Waals surface area contributed by atoms with Crippen molar-refractivity contribution in [2.24, 2.45) is 0 Å². The van der Waals surface area contributed by atoms with Gasteiger partial charge in [0.15, 0.2) is 0 Å². The summed E-state index contributed by atoms with van der Waals surface area (Å²) in [5.74, 6) is 0.555. The first-order valence-corrected chi connectivity index (χ1v) is 3.83. The van der Waals surface area contributed by atoms with Gasteiger partial charge in [0.05, 0.1) is 5.69 Å². The number of nitrogens with two attached hydrogens (primary N) is 1. The van der Waals surface area contributed by atoms with Gasteiger partial charge >= 0.3 is 0 Å². The molecule has 80 valence electrons. The second-order valence-corrected chi connectivity index (χ2v) is 2.91. The molecule has 2 heterocycles. The smallest absolute Gasteiger partial charge is 0.252 e. The van der Waals surface area contributed by atoms with Crippen LogP contribution in [0.2, 0.25) is 0 Å². The van der Waals surface area contributed by atoms with Gasteiger partial charge in [-0.25, -0.2) is 4.98 Å². The van der Waals surface area contributed by atoms with E-state index in [1.807, 2.05) is 0 Å². The normalized spacial score (nSPS) is 14.9. The summed E-state index contributed by atoms with van der Waals surface area (Å²) >= 11 is 0. The minimum atomic E-state index is -0.176. The molecule has 0 amide bonds. The maximum absolute atomic E-state index is 11.0. The maximum atomic E-state index is 11.0. The van der Waals surface area contributed by atoms with Crippen LogP contribution < -0.4 is 16.6 Å². The average Bonchev–Trinajstić information content (AvgIpc) is 1.79. The number of nitrogen functional groups attached to an aromatic ring is 1. The Balaban J connectivity index is 0.000000845. The second-order valence-electron chi connectivity index (χ2n) is 2.91. The summed E-state index contributed by atoms with van der Waals surface area (Å²) < 4.78 is 0. The molecule has 0 spiro atoms. The SMILES string of the molecule is Cl.Cl.Nc1nc(C2CNC2)cc(=O)[nH]1. The lowest BCUT2D eigenvalue weighted by molar-refractivity contribution is 0.439. The zero-order chi connectivity index (χ0) is 8.55. The highest BCUT2D eigenvalue weighted by Gasteiger charge is 2.20. The number of H-pyrrole nitrogens is 1. The first-order chi connectivity index (χ1) is 5.75. The van der Waals surface area contributed by atoms with Gasteiger partial charge in [-0.3, -0.25) is 9.78 Å². The largest absolute Gasteiger partial charge is 0.369 e. The van der Waals surface area contributed by atoms with Gasteiger partial charge in [0.1, 0.15) is 0 Å². The molecule has 2 rings (SSSR count). The molecule has 0 saturated carbocycles. The van der Waals surface area contributed by atoms with Gasteiger partial charge in [-0.15, -0.1) is 24.8 Å². The first-order valence-electron chi connectivity index (χ1n) is 3.83. The molecule has 1 saturated heterocycles. The first kappa shape index (κ1) is 13.2. The van der Waals surface area contributed by atoms with Gasteiger partial charge in [0.25, 0.3) is 5.56 Å². The fraction of sp³-hybridized carbons (Fsp3) is 0.429. The van der Waals surface area contributed by atoms with Crippen LogP contribution in [-0.2, 0) is 0 Å². The van der Waals surface area contributed by atoms with Gasteiger partial charge in [-0.2, -0.15) is 0 Å². The van der Waals surface area contributed by atoms with E-state index in [0.717, 1.165) is 18.8 Å². The molecule has 0 aromatic carbocycles. The zero-order valence-corrected chi connectivity index (χ0v) is 8.95. The number of aromatic amines is 1. The fourth-order valence-corrected chi connectivity index (χ4v) is 1.20. The van der Waals surface area contributed by atoms with E-state index in [9.17, 15) is 4.79 Å². The van der Waals surface area contributed by atoms with Crippen LogP contribution in [0.4, 0.5) is 5.95 Å². The molecular formula is C7H12Cl2N4O. The summed E-state index contributed by atoms with van der Waals surface area (Å²) in [6, 6.07) is 1.50. The molecular weight excluding hydrogens is 227 g/mol. The lowest BCUT2D eigenvalue weighted by Gasteiger charge is -2.26. The van der Waals surface area contributed by atoms with Crippen LogP contribution >= 0.6 is 24.8 Å². The standard InChI is InChI=1S/C7H10N4O.2ClH/c8-7-10-5(1-6(12)11-7)4-2-9-3-4;;/h1,4,9H,2-3H2,(H3,8,10,11,12);2*1H. The zero-order valence-electron chi connectivity index (χ0n) is 7.32. The Morgan fingerprint density at radius 1 is 1.43 bits per heavy atom. The molecule has 0 aliphatic carbocycles. The number of hydrogen-bond acceptors (Lipinski definition) is 4. The van der Waals surface area contributed by atoms with E-state index in [0.29, 0.717) is 5.92 Å². The highest BCUT2D eigenvalue weighted by atomic mass is 35.5. The average molecular weight is 239 g/mol. The molecule has 1 aliphatic rings. The summed E-state index contributed by atoms with van der Waals surface area (Å²) in [6.07, 6.45) is 0. The van der Waals surface area contributed by atoms with Gasteiger partial charge in [0.2, 0.25) is 5.95 Å². The Labute approximate surface area is 93.3 Å². The monoisotopic (exact) mass is 238 g/mol. The molecule has 0 bridgehead atoms. The van der Waals surface area contributed by atoms with Crippen molar-refractivity contribution in [3.8, 4) is 0 Å². The summed E-state index contributed by atoms with van der Waals surface area (Å²) in [5, 5.41) is 3.11. The molecule has 1 fully saturated rings. The van der Waals surface area contributed by atoms with Gasteiger partial charge in [-0.05, 0) is 0 Å². The molecule has 4 N–H and O–H groups in total. The van der Waals surface area contributed by atoms with Crippen molar-refractivity contribution in [3.63, 3.8) is 0 Å². The van der Waals surface area contributed by atoms with Gasteiger partial charge in [0, 0.05) is 25.1 Å². The topological polar surface area (TPSA) is 83.8 Å². The van der Waals surface area contributed by atoms with Crippen molar-refractivity contribution >= 4 is 30.8 Å². The summed E-state index contributed by atoms with van der Waals surface area (Å²) in [6.45, 7) is 1.77. The van der Waals surface area contributed by atoms with Gasteiger partial charge < -0.3 is 11.1 Å². The van der Waals surface area contributed by atoms with Crippen molar-refractivity contribution in [3.05, 3.63) is 22.1 Å². The van der Waals surface area contributed by atoms with Crippen molar-refractivity contribution in [1.82, 2.24) is 15.3 Å². The molecule has 7 heteroatoms. The summed E-state index contributed by atoms with van der Waals surface area (Å²) in [7, 11) is 0. The molecule has 1 aromatic heterocycles. The number of nitrogens with zero attached hydrogens (tertiary/aromatic N) is 1. The quantitative estimate of drug-likeness (QED) is 0.638. The van der Waals surface area contributed by atoms with E-state index in [1.54, 1.807) is 0 Å². The third-order valence-electron chi connectivity index (χ3n) is 1.98. The molecule has 0 radical (unpaired) electrons. The van der Waals surface area contributed by atoms with Crippen LogP contribution in [0.15, 0.2) is 10.9 Å². The predicted octanol–water partition coefficient (Wildman–Crippen LogP) is -0.118. The van der Waals surface area contributed by atoms with Crippen LogP contribution in [-0.4, -0.2) is 23.1 Å². The Morgan fingerprint density at radius 3 is 2.50 bits per heavy atom. The Kier molecular flexibility index (Phi) is 4.90. The predicted molar refractivity (Wildman–Crippen MR) is 59.4 cm³/mol. The Morgan fingerprint density at radius 2 is 2.07 bits per heavy atom. The fourth-order valence-electron chi connectivity index (χ4n) is 1.20. The molecule has 14 heavy (non-hydrogen) atoms. The summed E-state index contributed by atoms with van der Waals surface area (Å²) in [5.41, 5.74) is 6.00. The van der Waals surface area contributed by atoms with Crippen molar-refractivity contribution < 1.29 is 0 Å². The van der Waals surface area contributed by atoms with E-state index < -0.39 is 0 Å². The highest BCUT2D eigenvalue weighted by Crippen LogP contribution is 2.15. The highest BCUT2D eigenvalue weighted by molar-refractivity contribution is 5.85. The van der Waals surface area contributed by atoms with Crippen LogP contribution in [0.5, 0.6) is 0 Å². The molecule has 1 aliphatic heterocycles. The van der Waals surface area contributed by atoms with Crippen LogP contribution in [0, 0.1) is 0 Å². The molecule has 0 unspecified atom stereocenters. The second kappa shape index (κ2) is 5.19. The maximum Gasteiger partial charge on any atom is 0.252 e.